The molecule has 0 saturated carbocycles. The first-order chi connectivity index (χ1) is 5.29. The molecule has 0 radical (unpaired) electrons. The largest absolute Gasteiger partial charge is 0.289 e. The van der Waals surface area contributed by atoms with Crippen molar-refractivity contribution in [3.8, 4) is 5.75 Å². The minimum atomic E-state index is 0.369. The molecule has 0 atom stereocenters. The maximum Gasteiger partial charge on any atom is 0.215 e. The van der Waals surface area contributed by atoms with Gasteiger partial charge in [0, 0.05) is 6.92 Å². The Kier molecular flexibility index (Phi) is 2.86. The van der Waals surface area contributed by atoms with Crippen LogP contribution in [0.4, 0.5) is 0 Å². The molecule has 0 unspecified atom stereocenters. The highest BCUT2D eigenvalue weighted by molar-refractivity contribution is 7.80. The van der Waals surface area contributed by atoms with E-state index in [0.29, 0.717) is 10.8 Å². The van der Waals surface area contributed by atoms with Crippen LogP contribution in [0.25, 0.3) is 0 Å². The van der Waals surface area contributed by atoms with Crippen molar-refractivity contribution >= 4 is 17.3 Å². The Balaban J connectivity index is 2.45. The van der Waals surface area contributed by atoms with Gasteiger partial charge in [0.2, 0.25) is 5.05 Å². The Morgan fingerprint density at radius 1 is 1.27 bits per heavy atom. The Bertz CT molecular complexity index is 233. The number of hydrogen-bond donors (Lipinski definition) is 0. The monoisotopic (exact) mass is 168 g/mol. The molecule has 1 rings (SSSR count). The molecular weight excluding hydrogens is 160 g/mol. The lowest BCUT2D eigenvalue weighted by Crippen LogP contribution is -2.00. The summed E-state index contributed by atoms with van der Waals surface area (Å²) >= 11 is 4.65. The number of para-hydroxylation sites is 1. The van der Waals surface area contributed by atoms with Gasteiger partial charge in [-0.3, -0.25) is 9.78 Å². The van der Waals surface area contributed by atoms with Gasteiger partial charge in [-0.1, -0.05) is 18.2 Å². The fraction of sp³-hybridized carbons (Fsp3) is 0.125. The van der Waals surface area contributed by atoms with E-state index in [-0.39, 0.29) is 0 Å². The smallest absolute Gasteiger partial charge is 0.215 e. The zero-order chi connectivity index (χ0) is 8.10. The molecular formula is C8H8O2S. The number of rotatable bonds is 2. The Labute approximate surface area is 70.7 Å². The van der Waals surface area contributed by atoms with Gasteiger partial charge in [0.15, 0.2) is 5.75 Å². The summed E-state index contributed by atoms with van der Waals surface area (Å²) in [5.41, 5.74) is 0. The molecule has 0 amide bonds. The SMILES string of the molecule is CC(=S)OOc1ccccc1. The summed E-state index contributed by atoms with van der Waals surface area (Å²) in [6.07, 6.45) is 0. The molecule has 0 saturated heterocycles. The Morgan fingerprint density at radius 3 is 2.45 bits per heavy atom. The molecule has 0 bridgehead atoms. The average molecular weight is 168 g/mol. The van der Waals surface area contributed by atoms with Gasteiger partial charge in [-0.05, 0) is 24.4 Å². The van der Waals surface area contributed by atoms with Crippen LogP contribution < -0.4 is 4.89 Å². The van der Waals surface area contributed by atoms with Crippen molar-refractivity contribution in [3.05, 3.63) is 30.3 Å². The van der Waals surface area contributed by atoms with Crippen LogP contribution in [0, 0.1) is 0 Å². The summed E-state index contributed by atoms with van der Waals surface area (Å²) in [5.74, 6) is 0.650. The quantitative estimate of drug-likeness (QED) is 0.383. The summed E-state index contributed by atoms with van der Waals surface area (Å²) in [5, 5.41) is 0.369. The van der Waals surface area contributed by atoms with E-state index in [2.05, 4.69) is 17.1 Å². The van der Waals surface area contributed by atoms with Gasteiger partial charge in [0.25, 0.3) is 0 Å². The predicted molar refractivity (Wildman–Crippen MR) is 46.4 cm³/mol. The Hall–Kier alpha value is -1.09. The molecule has 0 aliphatic heterocycles. The van der Waals surface area contributed by atoms with Crippen LogP contribution in [0.5, 0.6) is 5.75 Å². The van der Waals surface area contributed by atoms with E-state index < -0.39 is 0 Å². The molecule has 0 heterocycles. The first-order valence-corrected chi connectivity index (χ1v) is 3.60. The third-order valence-electron chi connectivity index (χ3n) is 0.998. The van der Waals surface area contributed by atoms with Crippen LogP contribution in [0.15, 0.2) is 30.3 Å². The molecule has 1 aromatic rings. The van der Waals surface area contributed by atoms with E-state index in [1.807, 2.05) is 18.2 Å². The summed E-state index contributed by atoms with van der Waals surface area (Å²) in [6, 6.07) is 9.20. The van der Waals surface area contributed by atoms with Crippen LogP contribution in [-0.2, 0) is 4.89 Å². The second-order valence-corrected chi connectivity index (χ2v) is 2.55. The molecule has 0 N–H and O–H groups in total. The fourth-order valence-corrected chi connectivity index (χ4v) is 0.617. The van der Waals surface area contributed by atoms with Gasteiger partial charge in [-0.25, -0.2) is 0 Å². The van der Waals surface area contributed by atoms with E-state index in [1.165, 1.54) is 0 Å². The molecule has 2 nitrogen and oxygen atoms in total. The summed E-state index contributed by atoms with van der Waals surface area (Å²) < 4.78 is 0. The third-order valence-corrected chi connectivity index (χ3v) is 1.07. The highest BCUT2D eigenvalue weighted by atomic mass is 32.1. The lowest BCUT2D eigenvalue weighted by Gasteiger charge is -2.01. The van der Waals surface area contributed by atoms with Crippen LogP contribution >= 0.6 is 12.2 Å². The van der Waals surface area contributed by atoms with Gasteiger partial charge in [0.1, 0.15) is 0 Å². The molecule has 58 valence electrons. The van der Waals surface area contributed by atoms with E-state index in [1.54, 1.807) is 19.1 Å². The number of thiocarbonyl (C=S) groups is 1. The second-order valence-electron chi connectivity index (χ2n) is 1.97. The van der Waals surface area contributed by atoms with E-state index in [9.17, 15) is 0 Å². The molecule has 0 aliphatic rings. The predicted octanol–water partition coefficient (Wildman–Crippen LogP) is 2.34. The van der Waals surface area contributed by atoms with Crippen molar-refractivity contribution in [2.45, 2.75) is 6.92 Å². The average Bonchev–Trinajstić information content (AvgIpc) is 2.03. The van der Waals surface area contributed by atoms with Gasteiger partial charge in [-0.2, -0.15) is 0 Å². The van der Waals surface area contributed by atoms with Crippen molar-refractivity contribution in [1.82, 2.24) is 0 Å². The molecule has 0 aromatic heterocycles. The number of hydrogen-bond acceptors (Lipinski definition) is 3. The molecule has 0 spiro atoms. The zero-order valence-electron chi connectivity index (χ0n) is 6.11. The first kappa shape index (κ1) is 8.01. The maximum absolute atomic E-state index is 4.83. The highest BCUT2D eigenvalue weighted by Gasteiger charge is 1.91. The van der Waals surface area contributed by atoms with E-state index in [0.717, 1.165) is 0 Å². The standard InChI is InChI=1S/C8H8O2S/c1-7(11)9-10-8-5-3-2-4-6-8/h2-6H,1H3. The topological polar surface area (TPSA) is 18.5 Å². The Morgan fingerprint density at radius 2 is 1.91 bits per heavy atom. The third kappa shape index (κ3) is 3.00. The van der Waals surface area contributed by atoms with Crippen molar-refractivity contribution < 1.29 is 9.78 Å². The minimum Gasteiger partial charge on any atom is -0.289 e. The summed E-state index contributed by atoms with van der Waals surface area (Å²) in [4.78, 5) is 9.49. The van der Waals surface area contributed by atoms with Crippen molar-refractivity contribution in [1.29, 1.82) is 0 Å². The lowest BCUT2D eigenvalue weighted by molar-refractivity contribution is -0.114. The zero-order valence-corrected chi connectivity index (χ0v) is 6.93. The lowest BCUT2D eigenvalue weighted by atomic mass is 10.3. The second kappa shape index (κ2) is 3.93. The summed E-state index contributed by atoms with van der Waals surface area (Å²) in [6.45, 7) is 1.65. The van der Waals surface area contributed by atoms with Gasteiger partial charge in [-0.15, -0.1) is 0 Å². The summed E-state index contributed by atoms with van der Waals surface area (Å²) in [7, 11) is 0. The van der Waals surface area contributed by atoms with Crippen LogP contribution in [0.1, 0.15) is 6.92 Å². The number of benzene rings is 1. The molecule has 11 heavy (non-hydrogen) atoms. The van der Waals surface area contributed by atoms with Crippen LogP contribution in [-0.4, -0.2) is 5.05 Å². The highest BCUT2D eigenvalue weighted by Crippen LogP contribution is 2.08. The minimum absolute atomic E-state index is 0.369. The van der Waals surface area contributed by atoms with Crippen LogP contribution in [0.2, 0.25) is 0 Å². The van der Waals surface area contributed by atoms with Crippen LogP contribution in [0.3, 0.4) is 0 Å². The molecule has 0 fully saturated rings. The van der Waals surface area contributed by atoms with Crippen molar-refractivity contribution in [2.24, 2.45) is 0 Å². The van der Waals surface area contributed by atoms with E-state index >= 15 is 0 Å². The van der Waals surface area contributed by atoms with E-state index in [4.69, 9.17) is 4.89 Å². The molecule has 1 aromatic carbocycles. The maximum atomic E-state index is 4.83. The van der Waals surface area contributed by atoms with Gasteiger partial charge in [0.05, 0.1) is 0 Å². The molecule has 0 aliphatic carbocycles. The molecule has 3 heteroatoms. The van der Waals surface area contributed by atoms with Gasteiger partial charge >= 0.3 is 0 Å². The normalized spacial score (nSPS) is 8.82. The van der Waals surface area contributed by atoms with Crippen molar-refractivity contribution in [3.63, 3.8) is 0 Å². The fourth-order valence-electron chi connectivity index (χ4n) is 0.583. The first-order valence-electron chi connectivity index (χ1n) is 3.19. The van der Waals surface area contributed by atoms with Gasteiger partial charge < -0.3 is 0 Å². The van der Waals surface area contributed by atoms with Crippen molar-refractivity contribution in [2.75, 3.05) is 0 Å².